The van der Waals surface area contributed by atoms with Crippen molar-refractivity contribution in [2.75, 3.05) is 0 Å². The maximum Gasteiger partial charge on any atom is 0.355 e. The molecule has 6 rings (SSSR count). The van der Waals surface area contributed by atoms with E-state index in [2.05, 4.69) is 4.98 Å². The van der Waals surface area contributed by atoms with Crippen molar-refractivity contribution in [2.45, 2.75) is 37.5 Å². The minimum Gasteiger partial charge on any atom is -0.593 e. The van der Waals surface area contributed by atoms with E-state index in [4.69, 9.17) is 10.2 Å². The van der Waals surface area contributed by atoms with Crippen LogP contribution in [0, 0.1) is 24.5 Å². The summed E-state index contributed by atoms with van der Waals surface area (Å²) in [5.74, 6) is -1.74. The van der Waals surface area contributed by atoms with Gasteiger partial charge in [-0.3, -0.25) is 0 Å². The van der Waals surface area contributed by atoms with Crippen molar-refractivity contribution in [1.82, 2.24) is 14.8 Å². The van der Waals surface area contributed by atoms with Crippen molar-refractivity contribution >= 4 is 28.7 Å². The van der Waals surface area contributed by atoms with Gasteiger partial charge in [-0.2, -0.15) is 5.10 Å². The van der Waals surface area contributed by atoms with Gasteiger partial charge < -0.3 is 9.66 Å². The van der Waals surface area contributed by atoms with Crippen LogP contribution in [-0.4, -0.2) is 30.4 Å². The standard InChI is InChI=1S/C31H26F2N4O3S2/c1-17-3-2-4-20(11-17)22-15-21(8-9-24(22)32)29-23(12-19-7-10-28(42(34)40)25(33)13-19)27(14-18-5-6-18)37(36-29)31-35-26(16-41-31)30(38)39/h2-4,7-11,13,15-16,18H,5-6,12,14,34H2,1H3,(H,38,39). The van der Waals surface area contributed by atoms with Crippen molar-refractivity contribution in [3.63, 3.8) is 0 Å². The molecule has 2 heterocycles. The molecule has 1 fully saturated rings. The highest BCUT2D eigenvalue weighted by Crippen LogP contribution is 2.39. The van der Waals surface area contributed by atoms with Gasteiger partial charge in [-0.25, -0.2) is 23.2 Å². The molecule has 1 aliphatic rings. The van der Waals surface area contributed by atoms with Gasteiger partial charge in [0.05, 0.1) is 22.7 Å². The van der Waals surface area contributed by atoms with Crippen LogP contribution in [0.5, 0.6) is 0 Å². The molecule has 1 saturated carbocycles. The van der Waals surface area contributed by atoms with Gasteiger partial charge >= 0.3 is 5.97 Å². The monoisotopic (exact) mass is 604 g/mol. The lowest BCUT2D eigenvalue weighted by Crippen LogP contribution is -2.14. The number of hydrogen-bond acceptors (Lipinski definition) is 6. The van der Waals surface area contributed by atoms with Crippen LogP contribution in [0.3, 0.4) is 0 Å². The first-order valence-electron chi connectivity index (χ1n) is 13.3. The normalized spacial score (nSPS) is 13.8. The fraction of sp³-hybridized carbons (Fsp3) is 0.194. The third kappa shape index (κ3) is 5.73. The van der Waals surface area contributed by atoms with Crippen LogP contribution in [0.15, 0.2) is 70.9 Å². The Morgan fingerprint density at radius 2 is 1.93 bits per heavy atom. The molecule has 42 heavy (non-hydrogen) atoms. The number of nitrogens with zero attached hydrogens (tertiary/aromatic N) is 3. The molecule has 5 aromatic rings. The Labute approximate surface area is 248 Å². The molecule has 0 radical (unpaired) electrons. The van der Waals surface area contributed by atoms with Crippen LogP contribution in [0.1, 0.15) is 45.7 Å². The minimum atomic E-state index is -1.96. The molecule has 1 unspecified atom stereocenters. The fourth-order valence-electron chi connectivity index (χ4n) is 5.05. The van der Waals surface area contributed by atoms with Crippen molar-refractivity contribution < 1.29 is 23.2 Å². The van der Waals surface area contributed by atoms with E-state index in [-0.39, 0.29) is 22.8 Å². The van der Waals surface area contributed by atoms with E-state index in [0.717, 1.165) is 35.2 Å². The average molecular weight is 605 g/mol. The summed E-state index contributed by atoms with van der Waals surface area (Å²) in [6, 6.07) is 16.8. The first-order chi connectivity index (χ1) is 20.2. The highest BCUT2D eigenvalue weighted by Gasteiger charge is 2.30. The summed E-state index contributed by atoms with van der Waals surface area (Å²) in [5, 5.41) is 21.7. The number of aryl methyl sites for hydroxylation is 1. The van der Waals surface area contributed by atoms with Gasteiger partial charge in [0.2, 0.25) is 10.0 Å². The molecule has 214 valence electrons. The molecule has 1 aliphatic carbocycles. The zero-order valence-electron chi connectivity index (χ0n) is 22.5. The number of carboxylic acid groups (broad SMARTS) is 1. The second-order valence-corrected chi connectivity index (χ2v) is 12.3. The third-order valence-electron chi connectivity index (χ3n) is 7.32. The molecular weight excluding hydrogens is 578 g/mol. The summed E-state index contributed by atoms with van der Waals surface area (Å²) in [7, 11) is 0. The number of thiazole rings is 1. The van der Waals surface area contributed by atoms with Gasteiger partial charge in [0, 0.05) is 28.5 Å². The first-order valence-corrected chi connectivity index (χ1v) is 15.4. The smallest absolute Gasteiger partial charge is 0.355 e. The lowest BCUT2D eigenvalue weighted by molar-refractivity contribution is 0.0691. The third-order valence-corrected chi connectivity index (χ3v) is 8.90. The van der Waals surface area contributed by atoms with Gasteiger partial charge in [0.15, 0.2) is 11.5 Å². The zero-order chi connectivity index (χ0) is 29.5. The number of nitrogens with two attached hydrogens (primary N) is 1. The molecule has 2 aromatic heterocycles. The molecule has 0 amide bonds. The maximum absolute atomic E-state index is 15.1. The van der Waals surface area contributed by atoms with Crippen LogP contribution in [0.25, 0.3) is 27.5 Å². The van der Waals surface area contributed by atoms with Gasteiger partial charge in [0.1, 0.15) is 5.82 Å². The molecule has 1 atom stereocenters. The Kier molecular flexibility index (Phi) is 7.67. The lowest BCUT2D eigenvalue weighted by atomic mass is 9.94. The largest absolute Gasteiger partial charge is 0.593 e. The highest BCUT2D eigenvalue weighted by molar-refractivity contribution is 7.89. The van der Waals surface area contributed by atoms with Gasteiger partial charge in [0.25, 0.3) is 0 Å². The van der Waals surface area contributed by atoms with E-state index in [1.54, 1.807) is 22.9 Å². The van der Waals surface area contributed by atoms with Crippen LogP contribution in [0.4, 0.5) is 8.78 Å². The van der Waals surface area contributed by atoms with E-state index < -0.39 is 23.1 Å². The molecule has 0 bridgehead atoms. The molecule has 7 nitrogen and oxygen atoms in total. The highest BCUT2D eigenvalue weighted by atomic mass is 32.2. The quantitative estimate of drug-likeness (QED) is 0.186. The van der Waals surface area contributed by atoms with Gasteiger partial charge in [-0.1, -0.05) is 35.9 Å². The summed E-state index contributed by atoms with van der Waals surface area (Å²) < 4.78 is 43.4. The molecule has 0 spiro atoms. The zero-order valence-corrected chi connectivity index (χ0v) is 24.1. The second kappa shape index (κ2) is 11.4. The van der Waals surface area contributed by atoms with E-state index in [9.17, 15) is 18.8 Å². The van der Waals surface area contributed by atoms with E-state index >= 15 is 4.39 Å². The molecule has 0 saturated heterocycles. The minimum absolute atomic E-state index is 0.0815. The number of carboxylic acids is 1. The molecular formula is C31H26F2N4O3S2. The van der Waals surface area contributed by atoms with E-state index in [0.29, 0.717) is 39.9 Å². The number of benzene rings is 3. The fourth-order valence-corrected chi connectivity index (χ4v) is 6.28. The summed E-state index contributed by atoms with van der Waals surface area (Å²) >= 11 is -0.794. The number of rotatable bonds is 9. The number of aromatic nitrogens is 3. The van der Waals surface area contributed by atoms with E-state index in [1.807, 2.05) is 31.2 Å². The van der Waals surface area contributed by atoms with Crippen LogP contribution in [-0.2, 0) is 24.2 Å². The predicted molar refractivity (Wildman–Crippen MR) is 158 cm³/mol. The number of aromatic carboxylic acids is 1. The van der Waals surface area contributed by atoms with Crippen molar-refractivity contribution in [3.8, 4) is 27.5 Å². The summed E-state index contributed by atoms with van der Waals surface area (Å²) in [4.78, 5) is 15.8. The average Bonchev–Trinajstić information content (AvgIpc) is 3.51. The summed E-state index contributed by atoms with van der Waals surface area (Å²) in [6.45, 7) is 1.94. The molecule has 3 N–H and O–H groups in total. The SMILES string of the molecule is Cc1cccc(-c2cc(-c3nn(-c4nc(C(=O)O)cs4)c(CC4CC4)c3Cc3ccc([S+](N)[O-])c(F)c3)ccc2F)c1. The van der Waals surface area contributed by atoms with Crippen molar-refractivity contribution in [1.29, 1.82) is 0 Å². The number of carbonyl (C=O) groups is 1. The molecule has 0 aliphatic heterocycles. The molecule has 3 aromatic carbocycles. The first kappa shape index (κ1) is 28.2. The topological polar surface area (TPSA) is 117 Å². The lowest BCUT2D eigenvalue weighted by Gasteiger charge is -2.11. The van der Waals surface area contributed by atoms with Crippen LogP contribution < -0.4 is 5.14 Å². The maximum atomic E-state index is 15.1. The number of hydrogen-bond donors (Lipinski definition) is 2. The second-order valence-electron chi connectivity index (χ2n) is 10.5. The Morgan fingerprint density at radius 3 is 2.60 bits per heavy atom. The molecule has 11 heteroatoms. The Bertz CT molecular complexity index is 1810. The van der Waals surface area contributed by atoms with Gasteiger partial charge in [-0.15, -0.1) is 16.5 Å². The van der Waals surface area contributed by atoms with Crippen molar-refractivity contribution in [3.05, 3.63) is 106 Å². The van der Waals surface area contributed by atoms with E-state index in [1.165, 1.54) is 34.9 Å². The Morgan fingerprint density at radius 1 is 1.12 bits per heavy atom. The summed E-state index contributed by atoms with van der Waals surface area (Å²) in [6.07, 6.45) is 3.06. The number of halogens is 2. The predicted octanol–water partition coefficient (Wildman–Crippen LogP) is 6.47. The van der Waals surface area contributed by atoms with Crippen LogP contribution >= 0.6 is 11.3 Å². The van der Waals surface area contributed by atoms with Gasteiger partial charge in [-0.05, 0) is 73.6 Å². The Hall–Kier alpha value is -3.90. The van der Waals surface area contributed by atoms with Crippen molar-refractivity contribution in [2.24, 2.45) is 11.1 Å². The summed E-state index contributed by atoms with van der Waals surface area (Å²) in [5.41, 5.74) is 5.55. The van der Waals surface area contributed by atoms with Crippen LogP contribution in [0.2, 0.25) is 0 Å². The Balaban J connectivity index is 1.54.